The normalized spacial score (nSPS) is 11.3. The summed E-state index contributed by atoms with van der Waals surface area (Å²) in [4.78, 5) is 4.37. The van der Waals surface area contributed by atoms with Crippen LogP contribution >= 0.6 is 0 Å². The van der Waals surface area contributed by atoms with Gasteiger partial charge in [-0.05, 0) is 36.4 Å². The molecule has 23 heavy (non-hydrogen) atoms. The lowest BCUT2D eigenvalue weighted by Gasteiger charge is -2.08. The van der Waals surface area contributed by atoms with E-state index in [9.17, 15) is 8.42 Å². The molecule has 0 unspecified atom stereocenters. The summed E-state index contributed by atoms with van der Waals surface area (Å²) in [5.41, 5.74) is 0. The number of nitrogens with zero attached hydrogens (tertiary/aromatic N) is 3. The molecule has 0 N–H and O–H groups in total. The molecule has 0 fully saturated rings. The summed E-state index contributed by atoms with van der Waals surface area (Å²) in [6.07, 6.45) is 3.07. The first kappa shape index (κ1) is 15.2. The van der Waals surface area contributed by atoms with Crippen LogP contribution in [0.5, 0.6) is 5.75 Å². The molecule has 0 aliphatic carbocycles. The molecule has 0 aliphatic rings. The monoisotopic (exact) mass is 329 g/mol. The lowest BCUT2D eigenvalue weighted by molar-refractivity contribution is 0.291. The molecule has 0 atom stereocenters. The lowest BCUT2D eigenvalue weighted by atomic mass is 10.3. The Morgan fingerprint density at radius 2 is 1.65 bits per heavy atom. The quantitative estimate of drug-likeness (QED) is 0.693. The Morgan fingerprint density at radius 3 is 2.30 bits per heavy atom. The molecule has 2 aromatic carbocycles. The van der Waals surface area contributed by atoms with Crippen molar-refractivity contribution in [3.63, 3.8) is 0 Å². The first-order valence-corrected chi connectivity index (χ1v) is 8.50. The van der Waals surface area contributed by atoms with Crippen LogP contribution in [0.15, 0.2) is 77.0 Å². The van der Waals surface area contributed by atoms with E-state index in [0.29, 0.717) is 18.9 Å². The van der Waals surface area contributed by atoms with Gasteiger partial charge in [-0.25, -0.2) is 18.1 Å². The number of hydrogen-bond acceptors (Lipinski definition) is 5. The first-order valence-electron chi connectivity index (χ1n) is 7.02. The molecule has 0 saturated carbocycles. The smallest absolute Gasteiger partial charge is 0.206 e. The van der Waals surface area contributed by atoms with E-state index in [4.69, 9.17) is 4.74 Å². The maximum absolute atomic E-state index is 12.5. The van der Waals surface area contributed by atoms with Crippen LogP contribution in [0.4, 0.5) is 0 Å². The number of hydrogen-bond donors (Lipinski definition) is 0. The van der Waals surface area contributed by atoms with Crippen molar-refractivity contribution >= 4 is 9.84 Å². The van der Waals surface area contributed by atoms with Gasteiger partial charge in [0.05, 0.1) is 16.3 Å². The molecular formula is C16H15N3O3S. The van der Waals surface area contributed by atoms with E-state index in [-0.39, 0.29) is 9.79 Å². The third-order valence-electron chi connectivity index (χ3n) is 3.24. The minimum absolute atomic E-state index is 0.243. The van der Waals surface area contributed by atoms with E-state index < -0.39 is 9.84 Å². The summed E-state index contributed by atoms with van der Waals surface area (Å²) in [7, 11) is -3.49. The van der Waals surface area contributed by atoms with E-state index >= 15 is 0 Å². The zero-order valence-electron chi connectivity index (χ0n) is 12.2. The van der Waals surface area contributed by atoms with Crippen LogP contribution in [-0.2, 0) is 16.4 Å². The average molecular weight is 329 g/mol. The van der Waals surface area contributed by atoms with Crippen LogP contribution in [-0.4, -0.2) is 29.8 Å². The van der Waals surface area contributed by atoms with Crippen molar-refractivity contribution in [3.05, 3.63) is 67.3 Å². The molecule has 0 aliphatic heterocycles. The van der Waals surface area contributed by atoms with Gasteiger partial charge in [-0.15, -0.1) is 0 Å². The standard InChI is InChI=1S/C16H15N3O3S/c20-23(21,15-4-2-1-3-5-15)16-8-6-14(7-9-16)22-11-10-19-13-17-12-18-19/h1-9,12-13H,10-11H2. The highest BCUT2D eigenvalue weighted by molar-refractivity contribution is 7.91. The Labute approximate surface area is 134 Å². The summed E-state index contributed by atoms with van der Waals surface area (Å²) >= 11 is 0. The van der Waals surface area contributed by atoms with Crippen LogP contribution in [0.1, 0.15) is 0 Å². The van der Waals surface area contributed by atoms with Crippen molar-refractivity contribution < 1.29 is 13.2 Å². The largest absolute Gasteiger partial charge is 0.492 e. The SMILES string of the molecule is O=S(=O)(c1ccccc1)c1ccc(OCCn2cncn2)cc1. The van der Waals surface area contributed by atoms with Crippen molar-refractivity contribution in [1.29, 1.82) is 0 Å². The second-order valence-corrected chi connectivity index (χ2v) is 6.74. The van der Waals surface area contributed by atoms with Gasteiger partial charge < -0.3 is 4.74 Å². The van der Waals surface area contributed by atoms with E-state index in [1.807, 2.05) is 0 Å². The predicted molar refractivity (Wildman–Crippen MR) is 83.9 cm³/mol. The molecule has 3 rings (SSSR count). The molecule has 6 nitrogen and oxygen atoms in total. The fourth-order valence-electron chi connectivity index (χ4n) is 2.06. The molecule has 0 spiro atoms. The second kappa shape index (κ2) is 6.62. The first-order chi connectivity index (χ1) is 11.2. The van der Waals surface area contributed by atoms with Crippen LogP contribution in [0.3, 0.4) is 0 Å². The molecule has 0 saturated heterocycles. The molecule has 7 heteroatoms. The zero-order valence-corrected chi connectivity index (χ0v) is 13.1. The summed E-state index contributed by atoms with van der Waals surface area (Å²) < 4.78 is 32.1. The average Bonchev–Trinajstić information content (AvgIpc) is 3.10. The van der Waals surface area contributed by atoms with E-state index in [0.717, 1.165) is 0 Å². The van der Waals surface area contributed by atoms with Gasteiger partial charge in [0, 0.05) is 0 Å². The third kappa shape index (κ3) is 3.57. The number of benzene rings is 2. The van der Waals surface area contributed by atoms with Crippen molar-refractivity contribution in [2.45, 2.75) is 16.3 Å². The van der Waals surface area contributed by atoms with Crippen molar-refractivity contribution in [1.82, 2.24) is 14.8 Å². The minimum Gasteiger partial charge on any atom is -0.492 e. The minimum atomic E-state index is -3.49. The molecule has 0 radical (unpaired) electrons. The highest BCUT2D eigenvalue weighted by Gasteiger charge is 2.16. The molecule has 3 aromatic rings. The van der Waals surface area contributed by atoms with Crippen LogP contribution in [0.25, 0.3) is 0 Å². The van der Waals surface area contributed by atoms with Crippen LogP contribution < -0.4 is 4.74 Å². The topological polar surface area (TPSA) is 74.1 Å². The summed E-state index contributed by atoms with van der Waals surface area (Å²) in [6, 6.07) is 14.7. The maximum atomic E-state index is 12.5. The fourth-order valence-corrected chi connectivity index (χ4v) is 3.34. The molecule has 0 amide bonds. The Morgan fingerprint density at radius 1 is 0.957 bits per heavy atom. The number of rotatable bonds is 6. The Bertz CT molecular complexity index is 845. The Hall–Kier alpha value is -2.67. The van der Waals surface area contributed by atoms with Gasteiger partial charge in [0.25, 0.3) is 0 Å². The van der Waals surface area contributed by atoms with Gasteiger partial charge in [-0.1, -0.05) is 18.2 Å². The van der Waals surface area contributed by atoms with Crippen molar-refractivity contribution in [2.75, 3.05) is 6.61 Å². The highest BCUT2D eigenvalue weighted by atomic mass is 32.2. The van der Waals surface area contributed by atoms with E-state index in [2.05, 4.69) is 10.1 Å². The lowest BCUT2D eigenvalue weighted by Crippen LogP contribution is -2.08. The van der Waals surface area contributed by atoms with Gasteiger partial charge in [-0.3, -0.25) is 0 Å². The fraction of sp³-hybridized carbons (Fsp3) is 0.125. The van der Waals surface area contributed by atoms with E-state index in [1.165, 1.54) is 6.33 Å². The maximum Gasteiger partial charge on any atom is 0.206 e. The summed E-state index contributed by atoms with van der Waals surface area (Å²) in [5, 5.41) is 3.97. The number of sulfone groups is 1. The van der Waals surface area contributed by atoms with Gasteiger partial charge in [0.1, 0.15) is 25.0 Å². The van der Waals surface area contributed by atoms with Gasteiger partial charge >= 0.3 is 0 Å². The van der Waals surface area contributed by atoms with Gasteiger partial charge in [0.15, 0.2) is 0 Å². The van der Waals surface area contributed by atoms with E-state index in [1.54, 1.807) is 65.6 Å². The third-order valence-corrected chi connectivity index (χ3v) is 5.03. The number of ether oxygens (including phenoxy) is 1. The second-order valence-electron chi connectivity index (χ2n) is 4.79. The Kier molecular flexibility index (Phi) is 4.38. The predicted octanol–water partition coefficient (Wildman–Crippen LogP) is 2.19. The summed E-state index contributed by atoms with van der Waals surface area (Å²) in [5.74, 6) is 0.608. The van der Waals surface area contributed by atoms with Gasteiger partial charge in [0.2, 0.25) is 9.84 Å². The molecule has 0 bridgehead atoms. The van der Waals surface area contributed by atoms with Gasteiger partial charge in [-0.2, -0.15) is 5.10 Å². The Balaban J connectivity index is 1.67. The highest BCUT2D eigenvalue weighted by Crippen LogP contribution is 2.22. The number of aromatic nitrogens is 3. The zero-order chi connectivity index (χ0) is 16.1. The van der Waals surface area contributed by atoms with Crippen molar-refractivity contribution in [2.24, 2.45) is 0 Å². The molecule has 1 heterocycles. The molecular weight excluding hydrogens is 314 g/mol. The van der Waals surface area contributed by atoms with Crippen LogP contribution in [0, 0.1) is 0 Å². The summed E-state index contributed by atoms with van der Waals surface area (Å²) in [6.45, 7) is 0.998. The molecule has 1 aromatic heterocycles. The molecule has 118 valence electrons. The van der Waals surface area contributed by atoms with Crippen LogP contribution in [0.2, 0.25) is 0 Å². The van der Waals surface area contributed by atoms with Crippen molar-refractivity contribution in [3.8, 4) is 5.75 Å².